The van der Waals surface area contributed by atoms with E-state index in [1.54, 1.807) is 38.1 Å². The molecule has 1 heterocycles. The Morgan fingerprint density at radius 2 is 1.59 bits per heavy atom. The van der Waals surface area contributed by atoms with E-state index in [0.29, 0.717) is 22.8 Å². The summed E-state index contributed by atoms with van der Waals surface area (Å²) in [5, 5.41) is 9.54. The van der Waals surface area contributed by atoms with E-state index in [0.717, 1.165) is 4.31 Å². The number of hydrogen-bond donors (Lipinski definition) is 2. The highest BCUT2D eigenvalue weighted by Gasteiger charge is 2.27. The summed E-state index contributed by atoms with van der Waals surface area (Å²) in [5.41, 5.74) is 1.92. The average molecular weight is 393 g/mol. The summed E-state index contributed by atoms with van der Waals surface area (Å²) in [6, 6.07) is 6.66. The zero-order valence-electron chi connectivity index (χ0n) is 15.9. The smallest absolute Gasteiger partial charge is 0.246 e. The highest BCUT2D eigenvalue weighted by molar-refractivity contribution is 7.89. The molecule has 0 fully saturated rings. The number of nitrogens with one attached hydrogen (secondary N) is 2. The van der Waals surface area contributed by atoms with Gasteiger partial charge in [0.2, 0.25) is 21.8 Å². The van der Waals surface area contributed by atoms with Gasteiger partial charge < -0.3 is 10.6 Å². The molecular formula is C17H23N5O4S. The second-order valence-electron chi connectivity index (χ2n) is 6.25. The summed E-state index contributed by atoms with van der Waals surface area (Å²) >= 11 is 0. The normalized spacial score (nSPS) is 11.5. The fourth-order valence-electron chi connectivity index (χ4n) is 2.57. The topological polar surface area (TPSA) is 113 Å². The Bertz CT molecular complexity index is 962. The van der Waals surface area contributed by atoms with Crippen LogP contribution in [-0.4, -0.2) is 48.4 Å². The monoisotopic (exact) mass is 393 g/mol. The fourth-order valence-corrected chi connectivity index (χ4v) is 3.83. The van der Waals surface area contributed by atoms with Gasteiger partial charge in [0.15, 0.2) is 0 Å². The largest absolute Gasteiger partial charge is 0.326 e. The van der Waals surface area contributed by atoms with Crippen molar-refractivity contribution in [3.8, 4) is 0 Å². The molecule has 10 heteroatoms. The van der Waals surface area contributed by atoms with Gasteiger partial charge in [0.25, 0.3) is 0 Å². The van der Waals surface area contributed by atoms with Crippen molar-refractivity contribution in [1.29, 1.82) is 0 Å². The molecule has 9 nitrogen and oxygen atoms in total. The van der Waals surface area contributed by atoms with E-state index < -0.39 is 10.0 Å². The summed E-state index contributed by atoms with van der Waals surface area (Å²) in [7, 11) is -0.748. The molecule has 0 atom stereocenters. The standard InChI is InChI=1S/C17H23N5O4S/c1-11-17(27(25,26)21(4)5)12(2)22(20-11)10-16(24)19-15-8-6-14(7-9-15)18-13(3)23/h6-9H,10H2,1-5H3,(H,18,23)(H,19,24). The summed E-state index contributed by atoms with van der Waals surface area (Å²) in [4.78, 5) is 23.4. The number of aryl methyl sites for hydroxylation is 1. The van der Waals surface area contributed by atoms with Gasteiger partial charge in [0.1, 0.15) is 11.4 Å². The molecule has 0 saturated carbocycles. The number of rotatable bonds is 6. The summed E-state index contributed by atoms with van der Waals surface area (Å²) in [5.74, 6) is -0.526. The van der Waals surface area contributed by atoms with Crippen molar-refractivity contribution >= 4 is 33.2 Å². The fraction of sp³-hybridized carbons (Fsp3) is 0.353. The van der Waals surface area contributed by atoms with Crippen molar-refractivity contribution in [2.75, 3.05) is 24.7 Å². The van der Waals surface area contributed by atoms with Crippen LogP contribution in [0.1, 0.15) is 18.3 Å². The van der Waals surface area contributed by atoms with E-state index in [2.05, 4.69) is 15.7 Å². The second kappa shape index (κ2) is 7.89. The third kappa shape index (κ3) is 4.72. The van der Waals surface area contributed by atoms with Gasteiger partial charge in [-0.15, -0.1) is 0 Å². The van der Waals surface area contributed by atoms with Crippen LogP contribution in [0.5, 0.6) is 0 Å². The lowest BCUT2D eigenvalue weighted by Crippen LogP contribution is -2.24. The quantitative estimate of drug-likeness (QED) is 0.769. The zero-order chi connectivity index (χ0) is 20.4. The highest BCUT2D eigenvalue weighted by atomic mass is 32.2. The Labute approximate surface area is 158 Å². The van der Waals surface area contributed by atoms with Crippen molar-refractivity contribution in [3.63, 3.8) is 0 Å². The van der Waals surface area contributed by atoms with E-state index in [-0.39, 0.29) is 23.3 Å². The third-order valence-electron chi connectivity index (χ3n) is 3.84. The van der Waals surface area contributed by atoms with Crippen LogP contribution in [0.25, 0.3) is 0 Å². The average Bonchev–Trinajstić information content (AvgIpc) is 2.82. The van der Waals surface area contributed by atoms with Crippen molar-refractivity contribution < 1.29 is 18.0 Å². The van der Waals surface area contributed by atoms with E-state index in [1.807, 2.05) is 0 Å². The van der Waals surface area contributed by atoms with Crippen LogP contribution in [0.4, 0.5) is 11.4 Å². The SMILES string of the molecule is CC(=O)Nc1ccc(NC(=O)Cn2nc(C)c(S(=O)(=O)N(C)C)c2C)cc1. The van der Waals surface area contributed by atoms with Crippen LogP contribution in [0, 0.1) is 13.8 Å². The van der Waals surface area contributed by atoms with Crippen LogP contribution in [0.15, 0.2) is 29.2 Å². The molecule has 2 N–H and O–H groups in total. The Hall–Kier alpha value is -2.72. The molecule has 2 rings (SSSR count). The summed E-state index contributed by atoms with van der Waals surface area (Å²) in [6.07, 6.45) is 0. The van der Waals surface area contributed by atoms with Crippen molar-refractivity contribution in [2.24, 2.45) is 0 Å². The predicted octanol–water partition coefficient (Wildman–Crippen LogP) is 1.35. The molecule has 0 bridgehead atoms. The van der Waals surface area contributed by atoms with Gasteiger partial charge in [-0.2, -0.15) is 5.10 Å². The lowest BCUT2D eigenvalue weighted by molar-refractivity contribution is -0.117. The minimum Gasteiger partial charge on any atom is -0.326 e. The Morgan fingerprint density at radius 3 is 2.07 bits per heavy atom. The highest BCUT2D eigenvalue weighted by Crippen LogP contribution is 2.22. The molecule has 0 saturated heterocycles. The molecular weight excluding hydrogens is 370 g/mol. The van der Waals surface area contributed by atoms with Gasteiger partial charge in [-0.3, -0.25) is 14.3 Å². The molecule has 0 aliphatic rings. The van der Waals surface area contributed by atoms with Gasteiger partial charge >= 0.3 is 0 Å². The molecule has 0 unspecified atom stereocenters. The van der Waals surface area contributed by atoms with E-state index in [1.165, 1.54) is 25.7 Å². The number of anilines is 2. The Kier molecular flexibility index (Phi) is 6.01. The maximum absolute atomic E-state index is 12.4. The number of aromatic nitrogens is 2. The van der Waals surface area contributed by atoms with Crippen molar-refractivity contribution in [1.82, 2.24) is 14.1 Å². The van der Waals surface area contributed by atoms with E-state index in [9.17, 15) is 18.0 Å². The summed E-state index contributed by atoms with van der Waals surface area (Å²) in [6.45, 7) is 4.50. The molecule has 146 valence electrons. The van der Waals surface area contributed by atoms with Crippen molar-refractivity contribution in [2.45, 2.75) is 32.2 Å². The molecule has 1 aromatic heterocycles. The molecule has 0 spiro atoms. The first-order chi connectivity index (χ1) is 12.5. The summed E-state index contributed by atoms with van der Waals surface area (Å²) < 4.78 is 27.3. The van der Waals surface area contributed by atoms with Crippen molar-refractivity contribution in [3.05, 3.63) is 35.7 Å². The second-order valence-corrected chi connectivity index (χ2v) is 8.34. The minimum absolute atomic E-state index is 0.111. The Morgan fingerprint density at radius 1 is 1.07 bits per heavy atom. The van der Waals surface area contributed by atoms with Crippen LogP contribution in [0.3, 0.4) is 0 Å². The van der Waals surface area contributed by atoms with Crippen LogP contribution in [-0.2, 0) is 26.2 Å². The molecule has 1 aromatic carbocycles. The third-order valence-corrected chi connectivity index (χ3v) is 5.90. The van der Waals surface area contributed by atoms with Gasteiger partial charge in [-0.05, 0) is 38.1 Å². The first-order valence-corrected chi connectivity index (χ1v) is 9.60. The van der Waals surface area contributed by atoms with Gasteiger partial charge in [-0.25, -0.2) is 12.7 Å². The molecule has 0 radical (unpaired) electrons. The number of carbonyl (C=O) groups is 2. The number of hydrogen-bond acceptors (Lipinski definition) is 5. The Balaban J connectivity index is 2.14. The number of benzene rings is 1. The van der Waals surface area contributed by atoms with Crippen LogP contribution < -0.4 is 10.6 Å². The molecule has 2 aromatic rings. The van der Waals surface area contributed by atoms with Crippen LogP contribution >= 0.6 is 0 Å². The van der Waals surface area contributed by atoms with E-state index >= 15 is 0 Å². The maximum Gasteiger partial charge on any atom is 0.246 e. The molecule has 0 aliphatic carbocycles. The first kappa shape index (κ1) is 20.6. The predicted molar refractivity (Wildman–Crippen MR) is 102 cm³/mol. The van der Waals surface area contributed by atoms with Gasteiger partial charge in [-0.1, -0.05) is 0 Å². The van der Waals surface area contributed by atoms with E-state index in [4.69, 9.17) is 0 Å². The zero-order valence-corrected chi connectivity index (χ0v) is 16.7. The molecule has 2 amide bonds. The number of nitrogens with zero attached hydrogens (tertiary/aromatic N) is 3. The van der Waals surface area contributed by atoms with Gasteiger partial charge in [0.05, 0.1) is 11.4 Å². The minimum atomic E-state index is -3.64. The van der Waals surface area contributed by atoms with Gasteiger partial charge in [0, 0.05) is 32.4 Å². The number of amides is 2. The molecule has 0 aliphatic heterocycles. The first-order valence-electron chi connectivity index (χ1n) is 8.16. The number of sulfonamides is 1. The lowest BCUT2D eigenvalue weighted by Gasteiger charge is -2.12. The molecule has 27 heavy (non-hydrogen) atoms. The lowest BCUT2D eigenvalue weighted by atomic mass is 10.2. The number of carbonyl (C=O) groups excluding carboxylic acids is 2. The van der Waals surface area contributed by atoms with Crippen LogP contribution in [0.2, 0.25) is 0 Å². The maximum atomic E-state index is 12.4.